The van der Waals surface area contributed by atoms with Crippen LogP contribution in [0, 0.1) is 0 Å². The molecule has 2 aliphatic rings. The first-order chi connectivity index (χ1) is 10.6. The van der Waals surface area contributed by atoms with Crippen LogP contribution in [0.1, 0.15) is 13.3 Å². The third-order valence-electron chi connectivity index (χ3n) is 3.62. The van der Waals surface area contributed by atoms with Crippen molar-refractivity contribution in [3.63, 3.8) is 0 Å². The number of fused-ring (bicyclic) bond motifs is 1. The normalized spacial score (nSPS) is 18.4. The van der Waals surface area contributed by atoms with E-state index in [2.05, 4.69) is 10.6 Å². The highest BCUT2D eigenvalue weighted by Gasteiger charge is 2.29. The number of carbonyl (C=O) groups is 2. The molecule has 7 nitrogen and oxygen atoms in total. The molecule has 0 spiro atoms. The number of anilines is 1. The molecular weight excluding hydrogens is 286 g/mol. The zero-order valence-electron chi connectivity index (χ0n) is 12.4. The molecule has 1 aromatic rings. The average molecular weight is 305 g/mol. The van der Waals surface area contributed by atoms with E-state index in [1.165, 1.54) is 4.90 Å². The van der Waals surface area contributed by atoms with Gasteiger partial charge >= 0.3 is 6.03 Å². The number of imide groups is 1. The largest absolute Gasteiger partial charge is 0.490 e. The van der Waals surface area contributed by atoms with E-state index in [-0.39, 0.29) is 11.9 Å². The Bertz CT molecular complexity index is 590. The summed E-state index contributed by atoms with van der Waals surface area (Å²) in [5.74, 6) is 1.13. The van der Waals surface area contributed by atoms with E-state index in [0.29, 0.717) is 37.8 Å². The average Bonchev–Trinajstić information content (AvgIpc) is 2.80. The van der Waals surface area contributed by atoms with Crippen molar-refractivity contribution in [1.29, 1.82) is 0 Å². The second-order valence-corrected chi connectivity index (χ2v) is 5.30. The number of ether oxygens (including phenoxy) is 2. The predicted molar refractivity (Wildman–Crippen MR) is 80.2 cm³/mol. The highest BCUT2D eigenvalue weighted by molar-refractivity contribution is 5.99. The number of amides is 3. The second-order valence-electron chi connectivity index (χ2n) is 5.30. The van der Waals surface area contributed by atoms with Crippen LogP contribution in [-0.2, 0) is 4.79 Å². The number of benzene rings is 1. The van der Waals surface area contributed by atoms with Crippen LogP contribution in [-0.4, -0.2) is 49.2 Å². The van der Waals surface area contributed by atoms with Crippen LogP contribution < -0.4 is 20.1 Å². The van der Waals surface area contributed by atoms with Crippen molar-refractivity contribution in [2.45, 2.75) is 19.4 Å². The standard InChI is InChI=1S/C15H19N3O4/c1-10(14(19)18-6-5-16-15(18)20)17-11-3-4-12-13(9-11)22-8-2-7-21-12/h3-4,9-10,17H,2,5-8H2,1H3,(H,16,20). The van der Waals surface area contributed by atoms with E-state index in [4.69, 9.17) is 9.47 Å². The van der Waals surface area contributed by atoms with Gasteiger partial charge in [0.25, 0.3) is 5.91 Å². The Kier molecular flexibility index (Phi) is 4.04. The summed E-state index contributed by atoms with van der Waals surface area (Å²) in [5, 5.41) is 5.72. The van der Waals surface area contributed by atoms with Gasteiger partial charge < -0.3 is 20.1 Å². The Hall–Kier alpha value is -2.44. The molecule has 2 aliphatic heterocycles. The molecule has 1 fully saturated rings. The summed E-state index contributed by atoms with van der Waals surface area (Å²) in [5.41, 5.74) is 0.754. The molecule has 0 aromatic heterocycles. The molecule has 2 heterocycles. The minimum Gasteiger partial charge on any atom is -0.490 e. The number of hydrogen-bond donors (Lipinski definition) is 2. The van der Waals surface area contributed by atoms with Gasteiger partial charge in [-0.15, -0.1) is 0 Å². The number of nitrogens with one attached hydrogen (secondary N) is 2. The topological polar surface area (TPSA) is 79.9 Å². The fourth-order valence-electron chi connectivity index (χ4n) is 2.48. The molecule has 0 saturated carbocycles. The summed E-state index contributed by atoms with van der Waals surface area (Å²) < 4.78 is 11.2. The molecule has 1 atom stereocenters. The van der Waals surface area contributed by atoms with E-state index >= 15 is 0 Å². The van der Waals surface area contributed by atoms with Gasteiger partial charge in [0.2, 0.25) is 0 Å². The Morgan fingerprint density at radius 2 is 2.09 bits per heavy atom. The summed E-state index contributed by atoms with van der Waals surface area (Å²) in [7, 11) is 0. The molecule has 22 heavy (non-hydrogen) atoms. The molecule has 2 N–H and O–H groups in total. The Morgan fingerprint density at radius 3 is 2.82 bits per heavy atom. The van der Waals surface area contributed by atoms with Gasteiger partial charge in [-0.05, 0) is 19.1 Å². The molecule has 7 heteroatoms. The predicted octanol–water partition coefficient (Wildman–Crippen LogP) is 1.20. The van der Waals surface area contributed by atoms with Gasteiger partial charge in [-0.25, -0.2) is 4.79 Å². The molecule has 0 bridgehead atoms. The molecule has 3 rings (SSSR count). The number of urea groups is 1. The summed E-state index contributed by atoms with van der Waals surface area (Å²) in [6.07, 6.45) is 0.844. The highest BCUT2D eigenvalue weighted by atomic mass is 16.5. The van der Waals surface area contributed by atoms with Crippen LogP contribution in [0.15, 0.2) is 18.2 Å². The molecule has 1 saturated heterocycles. The molecular formula is C15H19N3O4. The molecule has 0 radical (unpaired) electrons. The zero-order chi connectivity index (χ0) is 15.5. The van der Waals surface area contributed by atoms with E-state index in [0.717, 1.165) is 12.1 Å². The lowest BCUT2D eigenvalue weighted by atomic mass is 10.2. The van der Waals surface area contributed by atoms with Crippen molar-refractivity contribution in [2.75, 3.05) is 31.6 Å². The third kappa shape index (κ3) is 2.93. The van der Waals surface area contributed by atoms with Gasteiger partial charge in [0, 0.05) is 31.3 Å². The number of carbonyl (C=O) groups excluding carboxylic acids is 2. The summed E-state index contributed by atoms with van der Waals surface area (Å²) in [6, 6.07) is 4.63. The summed E-state index contributed by atoms with van der Waals surface area (Å²) in [4.78, 5) is 25.0. The van der Waals surface area contributed by atoms with Crippen molar-refractivity contribution >= 4 is 17.6 Å². The highest BCUT2D eigenvalue weighted by Crippen LogP contribution is 2.32. The number of rotatable bonds is 3. The first-order valence-corrected chi connectivity index (χ1v) is 7.40. The third-order valence-corrected chi connectivity index (χ3v) is 3.62. The van der Waals surface area contributed by atoms with Crippen molar-refractivity contribution in [2.24, 2.45) is 0 Å². The van der Waals surface area contributed by atoms with Crippen LogP contribution in [0.25, 0.3) is 0 Å². The van der Waals surface area contributed by atoms with Crippen LogP contribution in [0.3, 0.4) is 0 Å². The maximum atomic E-state index is 12.3. The Morgan fingerprint density at radius 1 is 1.32 bits per heavy atom. The molecule has 1 unspecified atom stereocenters. The SMILES string of the molecule is CC(Nc1ccc2c(c1)OCCCO2)C(=O)N1CCNC1=O. The minimum absolute atomic E-state index is 0.248. The van der Waals surface area contributed by atoms with Gasteiger partial charge in [0.05, 0.1) is 13.2 Å². The van der Waals surface area contributed by atoms with Crippen molar-refractivity contribution in [3.05, 3.63) is 18.2 Å². The lowest BCUT2D eigenvalue weighted by Crippen LogP contribution is -2.43. The maximum absolute atomic E-state index is 12.3. The van der Waals surface area contributed by atoms with Gasteiger partial charge in [0.1, 0.15) is 6.04 Å². The minimum atomic E-state index is -0.506. The molecule has 118 valence electrons. The monoisotopic (exact) mass is 305 g/mol. The van der Waals surface area contributed by atoms with Gasteiger partial charge in [-0.1, -0.05) is 0 Å². The van der Waals surface area contributed by atoms with E-state index < -0.39 is 6.04 Å². The first-order valence-electron chi connectivity index (χ1n) is 7.40. The fraction of sp³-hybridized carbons (Fsp3) is 0.467. The molecule has 3 amide bonds. The lowest BCUT2D eigenvalue weighted by molar-refractivity contribution is -0.128. The van der Waals surface area contributed by atoms with Crippen molar-refractivity contribution in [1.82, 2.24) is 10.2 Å². The van der Waals surface area contributed by atoms with Gasteiger partial charge in [0.15, 0.2) is 11.5 Å². The van der Waals surface area contributed by atoms with E-state index in [1.54, 1.807) is 6.92 Å². The molecule has 1 aromatic carbocycles. The molecule has 0 aliphatic carbocycles. The van der Waals surface area contributed by atoms with E-state index in [1.807, 2.05) is 18.2 Å². The van der Waals surface area contributed by atoms with Gasteiger partial charge in [-0.3, -0.25) is 9.69 Å². The smallest absolute Gasteiger partial charge is 0.324 e. The van der Waals surface area contributed by atoms with Gasteiger partial charge in [-0.2, -0.15) is 0 Å². The summed E-state index contributed by atoms with van der Waals surface area (Å²) in [6.45, 7) is 3.89. The Labute approximate surface area is 128 Å². The quantitative estimate of drug-likeness (QED) is 0.877. The lowest BCUT2D eigenvalue weighted by Gasteiger charge is -2.20. The zero-order valence-corrected chi connectivity index (χ0v) is 12.4. The fourth-order valence-corrected chi connectivity index (χ4v) is 2.48. The summed E-state index contributed by atoms with van der Waals surface area (Å²) >= 11 is 0. The Balaban J connectivity index is 1.68. The van der Waals surface area contributed by atoms with Crippen LogP contribution in [0.4, 0.5) is 10.5 Å². The number of nitrogens with zero attached hydrogens (tertiary/aromatic N) is 1. The van der Waals surface area contributed by atoms with E-state index in [9.17, 15) is 9.59 Å². The second kappa shape index (κ2) is 6.13. The first kappa shape index (κ1) is 14.5. The van der Waals surface area contributed by atoms with Crippen LogP contribution >= 0.6 is 0 Å². The van der Waals surface area contributed by atoms with Crippen molar-refractivity contribution in [3.8, 4) is 11.5 Å². The number of hydrogen-bond acceptors (Lipinski definition) is 5. The van der Waals surface area contributed by atoms with Crippen molar-refractivity contribution < 1.29 is 19.1 Å². The van der Waals surface area contributed by atoms with Crippen LogP contribution in [0.2, 0.25) is 0 Å². The maximum Gasteiger partial charge on any atom is 0.324 e. The van der Waals surface area contributed by atoms with Crippen LogP contribution in [0.5, 0.6) is 11.5 Å².